The molecule has 0 fully saturated rings. The van der Waals surface area contributed by atoms with Crippen LogP contribution in [0.4, 0.5) is 4.39 Å². The molecule has 1 N–H and O–H groups in total. The maximum absolute atomic E-state index is 12.7. The van der Waals surface area contributed by atoms with E-state index in [2.05, 4.69) is 19.9 Å². The van der Waals surface area contributed by atoms with Crippen LogP contribution in [0.2, 0.25) is 0 Å². The van der Waals surface area contributed by atoms with E-state index < -0.39 is 0 Å². The molecule has 4 nitrogen and oxygen atoms in total. The Morgan fingerprint density at radius 3 is 2.81 bits per heavy atom. The van der Waals surface area contributed by atoms with E-state index in [1.807, 2.05) is 12.1 Å². The molecule has 3 rings (SSSR count). The molecule has 0 aliphatic rings. The number of aromatic amines is 1. The smallest absolute Gasteiger partial charge is 0.178 e. The van der Waals surface area contributed by atoms with Gasteiger partial charge in [0.05, 0.1) is 11.7 Å². The molecule has 0 bridgehead atoms. The minimum absolute atomic E-state index is 0.363. The number of nitrogens with zero attached hydrogens (tertiary/aromatic N) is 3. The van der Waals surface area contributed by atoms with Gasteiger partial charge < -0.3 is 4.98 Å². The van der Waals surface area contributed by atoms with Crippen molar-refractivity contribution in [2.24, 2.45) is 0 Å². The Kier molecular flexibility index (Phi) is 1.89. The highest BCUT2D eigenvalue weighted by molar-refractivity contribution is 5.74. The molecule has 16 heavy (non-hydrogen) atoms. The number of hydrogen-bond acceptors (Lipinski definition) is 3. The summed E-state index contributed by atoms with van der Waals surface area (Å²) in [6.07, 6.45) is 2.83. The zero-order valence-corrected chi connectivity index (χ0v) is 8.18. The molecule has 3 aromatic heterocycles. The molecule has 3 aromatic rings. The minimum atomic E-state index is -0.363. The second-order valence-corrected chi connectivity index (χ2v) is 3.32. The number of fused-ring (bicyclic) bond motifs is 1. The van der Waals surface area contributed by atoms with Crippen molar-refractivity contribution in [2.45, 2.75) is 0 Å². The van der Waals surface area contributed by atoms with Crippen LogP contribution in [0.3, 0.4) is 0 Å². The maximum atomic E-state index is 12.7. The van der Waals surface area contributed by atoms with E-state index in [9.17, 15) is 4.39 Å². The first-order chi connectivity index (χ1) is 7.83. The molecule has 0 aliphatic heterocycles. The van der Waals surface area contributed by atoms with Crippen LogP contribution in [0.5, 0.6) is 0 Å². The third-order valence-corrected chi connectivity index (χ3v) is 2.23. The maximum Gasteiger partial charge on any atom is 0.178 e. The second-order valence-electron chi connectivity index (χ2n) is 3.32. The molecule has 0 radical (unpaired) electrons. The van der Waals surface area contributed by atoms with Crippen LogP contribution in [-0.2, 0) is 0 Å². The molecule has 0 spiro atoms. The molecule has 0 saturated heterocycles. The Bertz CT molecular complexity index is 597. The first-order valence-corrected chi connectivity index (χ1v) is 4.75. The van der Waals surface area contributed by atoms with Crippen LogP contribution in [0.25, 0.3) is 22.7 Å². The van der Waals surface area contributed by atoms with Gasteiger partial charge in [0.15, 0.2) is 11.5 Å². The van der Waals surface area contributed by atoms with Gasteiger partial charge in [-0.1, -0.05) is 0 Å². The van der Waals surface area contributed by atoms with Crippen molar-refractivity contribution in [1.82, 2.24) is 19.9 Å². The zero-order valence-electron chi connectivity index (χ0n) is 8.18. The van der Waals surface area contributed by atoms with E-state index >= 15 is 0 Å². The van der Waals surface area contributed by atoms with E-state index in [1.54, 1.807) is 12.3 Å². The average molecular weight is 214 g/mol. The number of aromatic nitrogens is 4. The summed E-state index contributed by atoms with van der Waals surface area (Å²) in [6.45, 7) is 0. The van der Waals surface area contributed by atoms with Crippen molar-refractivity contribution in [1.29, 1.82) is 0 Å². The molecule has 5 heteroatoms. The Labute approximate surface area is 90.2 Å². The third kappa shape index (κ3) is 1.42. The summed E-state index contributed by atoms with van der Waals surface area (Å²) in [5, 5.41) is 0. The van der Waals surface area contributed by atoms with Crippen molar-refractivity contribution in [3.05, 3.63) is 42.5 Å². The van der Waals surface area contributed by atoms with E-state index in [0.717, 1.165) is 11.7 Å². The van der Waals surface area contributed by atoms with E-state index in [1.165, 1.54) is 6.07 Å². The van der Waals surface area contributed by atoms with Crippen molar-refractivity contribution in [2.75, 3.05) is 0 Å². The summed E-state index contributed by atoms with van der Waals surface area (Å²) in [6, 6.07) is 6.63. The molecule has 0 aliphatic carbocycles. The van der Waals surface area contributed by atoms with Gasteiger partial charge in [0.25, 0.3) is 0 Å². The Morgan fingerprint density at radius 1 is 1.12 bits per heavy atom. The molecule has 0 atom stereocenters. The lowest BCUT2D eigenvalue weighted by molar-refractivity contribution is 0.621. The van der Waals surface area contributed by atoms with Crippen LogP contribution in [0.15, 0.2) is 36.7 Å². The predicted molar refractivity (Wildman–Crippen MR) is 57.1 cm³/mol. The lowest BCUT2D eigenvalue weighted by Gasteiger charge is -1.93. The Morgan fingerprint density at radius 2 is 2.06 bits per heavy atom. The predicted octanol–water partition coefficient (Wildman–Crippen LogP) is 2.16. The summed E-state index contributed by atoms with van der Waals surface area (Å²) in [4.78, 5) is 15.4. The fraction of sp³-hybridized carbons (Fsp3) is 0. The number of hydrogen-bond donors (Lipinski definition) is 1. The van der Waals surface area contributed by atoms with Crippen LogP contribution in [-0.4, -0.2) is 19.9 Å². The highest BCUT2D eigenvalue weighted by atomic mass is 19.1. The first kappa shape index (κ1) is 8.96. The second kappa shape index (κ2) is 3.37. The largest absolute Gasteiger partial charge is 0.335 e. The van der Waals surface area contributed by atoms with Crippen LogP contribution < -0.4 is 0 Å². The standard InChI is InChI=1S/C11H7FN4/c12-7-3-4-8(14-6-7)11-15-9-2-1-5-13-10(9)16-11/h1-6H,(H,13,15,16). The van der Waals surface area contributed by atoms with Crippen molar-refractivity contribution < 1.29 is 4.39 Å². The zero-order chi connectivity index (χ0) is 11.0. The molecule has 0 unspecified atom stereocenters. The molecule has 0 aromatic carbocycles. The van der Waals surface area contributed by atoms with E-state index in [0.29, 0.717) is 17.2 Å². The molecule has 3 heterocycles. The highest BCUT2D eigenvalue weighted by Crippen LogP contribution is 2.16. The van der Waals surface area contributed by atoms with Gasteiger partial charge in [-0.2, -0.15) is 0 Å². The molecular weight excluding hydrogens is 207 g/mol. The quantitative estimate of drug-likeness (QED) is 0.675. The lowest BCUT2D eigenvalue weighted by atomic mass is 10.3. The van der Waals surface area contributed by atoms with Crippen molar-refractivity contribution >= 4 is 11.2 Å². The van der Waals surface area contributed by atoms with Crippen LogP contribution in [0.1, 0.15) is 0 Å². The number of imidazole rings is 1. The summed E-state index contributed by atoms with van der Waals surface area (Å²) in [7, 11) is 0. The molecule has 0 amide bonds. The van der Waals surface area contributed by atoms with Gasteiger partial charge in [0.2, 0.25) is 0 Å². The Balaban J connectivity index is 2.15. The van der Waals surface area contributed by atoms with Gasteiger partial charge in [-0.05, 0) is 24.3 Å². The summed E-state index contributed by atoms with van der Waals surface area (Å²) < 4.78 is 12.7. The van der Waals surface area contributed by atoms with Gasteiger partial charge in [-0.25, -0.2) is 19.3 Å². The fourth-order valence-electron chi connectivity index (χ4n) is 1.48. The van der Waals surface area contributed by atoms with E-state index in [-0.39, 0.29) is 5.82 Å². The number of halogens is 1. The van der Waals surface area contributed by atoms with Gasteiger partial charge in [0, 0.05) is 6.20 Å². The van der Waals surface area contributed by atoms with Crippen molar-refractivity contribution in [3.8, 4) is 11.5 Å². The summed E-state index contributed by atoms with van der Waals surface area (Å²) in [5.41, 5.74) is 2.06. The third-order valence-electron chi connectivity index (χ3n) is 2.23. The molecule has 0 saturated carbocycles. The van der Waals surface area contributed by atoms with Crippen molar-refractivity contribution in [3.63, 3.8) is 0 Å². The topological polar surface area (TPSA) is 54.5 Å². The number of nitrogens with one attached hydrogen (secondary N) is 1. The minimum Gasteiger partial charge on any atom is -0.335 e. The van der Waals surface area contributed by atoms with Crippen LogP contribution >= 0.6 is 0 Å². The van der Waals surface area contributed by atoms with Gasteiger partial charge in [-0.3, -0.25) is 0 Å². The first-order valence-electron chi connectivity index (χ1n) is 4.75. The van der Waals surface area contributed by atoms with Gasteiger partial charge in [0.1, 0.15) is 11.5 Å². The summed E-state index contributed by atoms with van der Waals surface area (Å²) in [5.74, 6) is 0.228. The van der Waals surface area contributed by atoms with Crippen LogP contribution in [0, 0.1) is 5.82 Å². The average Bonchev–Trinajstić information content (AvgIpc) is 2.73. The van der Waals surface area contributed by atoms with Gasteiger partial charge >= 0.3 is 0 Å². The van der Waals surface area contributed by atoms with Gasteiger partial charge in [-0.15, -0.1) is 0 Å². The Hall–Kier alpha value is -2.30. The summed E-state index contributed by atoms with van der Waals surface area (Å²) >= 11 is 0. The number of pyridine rings is 2. The molecule has 78 valence electrons. The SMILES string of the molecule is Fc1ccc(-c2nc3ncccc3[nH]2)nc1. The normalized spacial score (nSPS) is 10.8. The highest BCUT2D eigenvalue weighted by Gasteiger charge is 2.06. The fourth-order valence-corrected chi connectivity index (χ4v) is 1.48. The number of rotatable bonds is 1. The molecular formula is C11H7FN4. The monoisotopic (exact) mass is 214 g/mol. The number of H-pyrrole nitrogens is 1. The van der Waals surface area contributed by atoms with E-state index in [4.69, 9.17) is 0 Å². The lowest BCUT2D eigenvalue weighted by Crippen LogP contribution is -1.86.